The van der Waals surface area contributed by atoms with E-state index in [1.807, 2.05) is 31.4 Å². The van der Waals surface area contributed by atoms with Gasteiger partial charge in [-0.25, -0.2) is 0 Å². The highest BCUT2D eigenvalue weighted by atomic mass is 32.1. The molecule has 2 aromatic heterocycles. The molecule has 2 N–H and O–H groups in total. The van der Waals surface area contributed by atoms with E-state index in [2.05, 4.69) is 10.4 Å². The molecule has 118 valence electrons. The first-order valence-electron chi connectivity index (χ1n) is 7.00. The van der Waals surface area contributed by atoms with Gasteiger partial charge in [-0.2, -0.15) is 5.10 Å². The topological polar surface area (TPSA) is 84.2 Å². The summed E-state index contributed by atoms with van der Waals surface area (Å²) in [5, 5.41) is 18.0. The van der Waals surface area contributed by atoms with Gasteiger partial charge in [0.15, 0.2) is 0 Å². The molecule has 7 heteroatoms. The van der Waals surface area contributed by atoms with Gasteiger partial charge in [-0.3, -0.25) is 14.3 Å². The zero-order valence-corrected chi connectivity index (χ0v) is 13.6. The summed E-state index contributed by atoms with van der Waals surface area (Å²) in [7, 11) is 0. The number of amides is 1. The Morgan fingerprint density at radius 3 is 2.68 bits per heavy atom. The lowest BCUT2D eigenvalue weighted by Gasteiger charge is -2.15. The van der Waals surface area contributed by atoms with Crippen LogP contribution in [0.25, 0.3) is 0 Å². The highest BCUT2D eigenvalue weighted by molar-refractivity contribution is 7.10. The summed E-state index contributed by atoms with van der Waals surface area (Å²) in [6, 6.07) is 3.28. The van der Waals surface area contributed by atoms with Crippen LogP contribution in [0, 0.1) is 6.92 Å². The zero-order chi connectivity index (χ0) is 16.3. The van der Waals surface area contributed by atoms with E-state index in [-0.39, 0.29) is 18.4 Å². The summed E-state index contributed by atoms with van der Waals surface area (Å²) in [5.41, 5.74) is 1.10. The first-order valence-corrected chi connectivity index (χ1v) is 7.88. The lowest BCUT2D eigenvalue weighted by Crippen LogP contribution is -2.29. The summed E-state index contributed by atoms with van der Waals surface area (Å²) in [6.45, 7) is 5.73. The van der Waals surface area contributed by atoms with Crippen LogP contribution in [0.15, 0.2) is 23.7 Å². The van der Waals surface area contributed by atoms with Gasteiger partial charge in [0, 0.05) is 17.1 Å². The Kier molecular flexibility index (Phi) is 4.97. The highest BCUT2D eigenvalue weighted by Crippen LogP contribution is 2.23. The number of rotatable bonds is 6. The van der Waals surface area contributed by atoms with Crippen molar-refractivity contribution in [3.05, 3.63) is 39.8 Å². The van der Waals surface area contributed by atoms with Gasteiger partial charge >= 0.3 is 5.97 Å². The normalized spacial score (nSPS) is 12.4. The van der Waals surface area contributed by atoms with Crippen LogP contribution in [-0.4, -0.2) is 26.8 Å². The standard InChI is InChI=1S/C15H19N3O3S/c1-9(2)18-8-11(10(3)17-18)15(21)16-12(7-14(19)20)13-5-4-6-22-13/h4-6,8-9,12H,7H2,1-3H3,(H,16,21)(H,19,20). The lowest BCUT2D eigenvalue weighted by molar-refractivity contribution is -0.137. The Labute approximate surface area is 132 Å². The molecule has 6 nitrogen and oxygen atoms in total. The molecule has 0 aliphatic rings. The molecular weight excluding hydrogens is 302 g/mol. The Bertz CT molecular complexity index is 662. The second kappa shape index (κ2) is 6.74. The summed E-state index contributed by atoms with van der Waals surface area (Å²) >= 11 is 1.43. The van der Waals surface area contributed by atoms with Gasteiger partial charge < -0.3 is 10.4 Å². The molecule has 1 unspecified atom stereocenters. The molecule has 0 aromatic carbocycles. The van der Waals surface area contributed by atoms with Gasteiger partial charge in [0.25, 0.3) is 5.91 Å². The average Bonchev–Trinajstić information content (AvgIpc) is 3.06. The molecule has 0 fully saturated rings. The predicted octanol–water partition coefficient (Wildman–Crippen LogP) is 2.78. The largest absolute Gasteiger partial charge is 0.481 e. The first-order chi connectivity index (χ1) is 10.4. The van der Waals surface area contributed by atoms with Gasteiger partial charge in [-0.15, -0.1) is 11.3 Å². The monoisotopic (exact) mass is 321 g/mol. The van der Waals surface area contributed by atoms with Crippen LogP contribution in [0.1, 0.15) is 53.3 Å². The molecule has 22 heavy (non-hydrogen) atoms. The van der Waals surface area contributed by atoms with Crippen LogP contribution >= 0.6 is 11.3 Å². The quantitative estimate of drug-likeness (QED) is 0.857. The van der Waals surface area contributed by atoms with Crippen molar-refractivity contribution < 1.29 is 14.7 Å². The lowest BCUT2D eigenvalue weighted by atomic mass is 10.1. The fourth-order valence-corrected chi connectivity index (χ4v) is 2.87. The minimum Gasteiger partial charge on any atom is -0.481 e. The number of nitrogens with zero attached hydrogens (tertiary/aromatic N) is 2. The van der Waals surface area contributed by atoms with Crippen molar-refractivity contribution >= 4 is 23.2 Å². The zero-order valence-electron chi connectivity index (χ0n) is 12.7. The van der Waals surface area contributed by atoms with Crippen molar-refractivity contribution in [1.29, 1.82) is 0 Å². The first kappa shape index (κ1) is 16.2. The molecule has 0 aliphatic carbocycles. The fourth-order valence-electron chi connectivity index (χ4n) is 2.09. The summed E-state index contributed by atoms with van der Waals surface area (Å²) in [4.78, 5) is 24.3. The second-order valence-electron chi connectivity index (χ2n) is 5.34. The number of carbonyl (C=O) groups is 2. The van der Waals surface area contributed by atoms with Gasteiger partial charge in [-0.05, 0) is 32.2 Å². The van der Waals surface area contributed by atoms with E-state index in [4.69, 9.17) is 5.11 Å². The van der Waals surface area contributed by atoms with Crippen LogP contribution in [0.5, 0.6) is 0 Å². The molecule has 0 saturated carbocycles. The third-order valence-corrected chi connectivity index (χ3v) is 4.25. The van der Waals surface area contributed by atoms with Crippen molar-refractivity contribution in [3.8, 4) is 0 Å². The summed E-state index contributed by atoms with van der Waals surface area (Å²) in [6.07, 6.45) is 1.55. The number of hydrogen-bond donors (Lipinski definition) is 2. The molecule has 0 bridgehead atoms. The highest BCUT2D eigenvalue weighted by Gasteiger charge is 2.22. The SMILES string of the molecule is Cc1nn(C(C)C)cc1C(=O)NC(CC(=O)O)c1cccs1. The Balaban J connectivity index is 2.19. The smallest absolute Gasteiger partial charge is 0.305 e. The fraction of sp³-hybridized carbons (Fsp3) is 0.400. The molecule has 2 rings (SSSR count). The third kappa shape index (κ3) is 3.73. The van der Waals surface area contributed by atoms with E-state index in [0.29, 0.717) is 11.3 Å². The van der Waals surface area contributed by atoms with Crippen molar-refractivity contribution in [2.24, 2.45) is 0 Å². The summed E-state index contributed by atoms with van der Waals surface area (Å²) < 4.78 is 1.72. The molecule has 0 saturated heterocycles. The van der Waals surface area contributed by atoms with Crippen molar-refractivity contribution in [2.45, 2.75) is 39.3 Å². The maximum Gasteiger partial charge on any atom is 0.305 e. The number of carbonyl (C=O) groups excluding carboxylic acids is 1. The number of carboxylic acid groups (broad SMARTS) is 1. The Morgan fingerprint density at radius 1 is 1.45 bits per heavy atom. The maximum absolute atomic E-state index is 12.4. The number of hydrogen-bond acceptors (Lipinski definition) is 4. The molecular formula is C15H19N3O3S. The van der Waals surface area contributed by atoms with E-state index in [0.717, 1.165) is 4.88 Å². The van der Waals surface area contributed by atoms with Crippen molar-refractivity contribution in [2.75, 3.05) is 0 Å². The molecule has 0 spiro atoms. The van der Waals surface area contributed by atoms with Crippen LogP contribution < -0.4 is 5.32 Å². The van der Waals surface area contributed by atoms with Crippen LogP contribution in [0.2, 0.25) is 0 Å². The van der Waals surface area contributed by atoms with Gasteiger partial charge in [0.1, 0.15) is 0 Å². The number of nitrogens with one attached hydrogen (secondary N) is 1. The maximum atomic E-state index is 12.4. The van der Waals surface area contributed by atoms with Crippen LogP contribution in [0.3, 0.4) is 0 Å². The summed E-state index contributed by atoms with van der Waals surface area (Å²) in [5.74, 6) is -1.25. The number of aromatic nitrogens is 2. The molecule has 1 amide bonds. The number of thiophene rings is 1. The minimum absolute atomic E-state index is 0.149. The molecule has 2 heterocycles. The van der Waals surface area contributed by atoms with Crippen molar-refractivity contribution in [1.82, 2.24) is 15.1 Å². The van der Waals surface area contributed by atoms with Gasteiger partial charge in [-0.1, -0.05) is 6.07 Å². The van der Waals surface area contributed by atoms with Crippen LogP contribution in [-0.2, 0) is 4.79 Å². The van der Waals surface area contributed by atoms with E-state index in [1.165, 1.54) is 11.3 Å². The van der Waals surface area contributed by atoms with Crippen LogP contribution in [0.4, 0.5) is 0 Å². The minimum atomic E-state index is -0.951. The number of aliphatic carboxylic acids is 1. The Hall–Kier alpha value is -2.15. The Morgan fingerprint density at radius 2 is 2.18 bits per heavy atom. The number of aryl methyl sites for hydroxylation is 1. The van der Waals surface area contributed by atoms with E-state index >= 15 is 0 Å². The van der Waals surface area contributed by atoms with E-state index in [9.17, 15) is 9.59 Å². The third-order valence-electron chi connectivity index (χ3n) is 3.26. The predicted molar refractivity (Wildman–Crippen MR) is 84.1 cm³/mol. The van der Waals surface area contributed by atoms with Gasteiger partial charge in [0.05, 0.1) is 23.7 Å². The van der Waals surface area contributed by atoms with E-state index in [1.54, 1.807) is 17.8 Å². The molecule has 1 atom stereocenters. The van der Waals surface area contributed by atoms with Gasteiger partial charge in [0.2, 0.25) is 0 Å². The van der Waals surface area contributed by atoms with Crippen molar-refractivity contribution in [3.63, 3.8) is 0 Å². The molecule has 2 aromatic rings. The number of carboxylic acids is 1. The average molecular weight is 321 g/mol. The second-order valence-corrected chi connectivity index (χ2v) is 6.32. The van der Waals surface area contributed by atoms with E-state index < -0.39 is 12.0 Å². The molecule has 0 aliphatic heterocycles. The molecule has 0 radical (unpaired) electrons.